The highest BCUT2D eigenvalue weighted by Gasteiger charge is 2.29. The number of halogens is 1. The fourth-order valence-corrected chi connectivity index (χ4v) is 3.04. The van der Waals surface area contributed by atoms with Crippen LogP contribution < -0.4 is 10.3 Å². The minimum Gasteiger partial charge on any atom is -0.381 e. The average molecular weight is 344 g/mol. The van der Waals surface area contributed by atoms with Gasteiger partial charge in [-0.25, -0.2) is 4.39 Å². The maximum absolute atomic E-state index is 14.1. The van der Waals surface area contributed by atoms with Crippen LogP contribution in [0, 0.1) is 19.7 Å². The van der Waals surface area contributed by atoms with Crippen LogP contribution >= 0.6 is 0 Å². The molecule has 25 heavy (non-hydrogen) atoms. The van der Waals surface area contributed by atoms with Crippen molar-refractivity contribution in [1.82, 2.24) is 4.98 Å². The normalized spacial score (nSPS) is 15.2. The first-order valence-corrected chi connectivity index (χ1v) is 8.34. The summed E-state index contributed by atoms with van der Waals surface area (Å²) in [6.45, 7) is 4.49. The Morgan fingerprint density at radius 1 is 1.24 bits per heavy atom. The fourth-order valence-electron chi connectivity index (χ4n) is 3.04. The van der Waals surface area contributed by atoms with Crippen molar-refractivity contribution in [2.24, 2.45) is 0 Å². The van der Waals surface area contributed by atoms with Crippen LogP contribution in [0.25, 0.3) is 0 Å². The van der Waals surface area contributed by atoms with E-state index in [1.54, 1.807) is 26.0 Å². The van der Waals surface area contributed by atoms with E-state index < -0.39 is 5.91 Å². The first-order valence-electron chi connectivity index (χ1n) is 8.34. The lowest BCUT2D eigenvalue weighted by Gasteiger charge is -2.34. The molecule has 1 amide bonds. The predicted octanol–water partition coefficient (Wildman–Crippen LogP) is 2.96. The highest BCUT2D eigenvalue weighted by atomic mass is 19.1. The summed E-state index contributed by atoms with van der Waals surface area (Å²) in [5, 5.41) is 0. The van der Waals surface area contributed by atoms with Crippen LogP contribution in [0.3, 0.4) is 0 Å². The third-order valence-corrected chi connectivity index (χ3v) is 4.50. The number of anilines is 1. The smallest absolute Gasteiger partial charge is 0.263 e. The van der Waals surface area contributed by atoms with Gasteiger partial charge < -0.3 is 14.6 Å². The summed E-state index contributed by atoms with van der Waals surface area (Å²) in [4.78, 5) is 29.8. The Morgan fingerprint density at radius 2 is 1.96 bits per heavy atom. The highest BCUT2D eigenvalue weighted by molar-refractivity contribution is 6.06. The molecule has 1 aliphatic heterocycles. The summed E-state index contributed by atoms with van der Waals surface area (Å²) in [5.74, 6) is -0.795. The average Bonchev–Trinajstić information content (AvgIpc) is 2.59. The van der Waals surface area contributed by atoms with Crippen molar-refractivity contribution in [1.29, 1.82) is 0 Å². The van der Waals surface area contributed by atoms with Crippen molar-refractivity contribution in [2.75, 3.05) is 18.1 Å². The van der Waals surface area contributed by atoms with Crippen LogP contribution in [0.5, 0.6) is 0 Å². The van der Waals surface area contributed by atoms with E-state index >= 15 is 0 Å². The molecule has 132 valence electrons. The fraction of sp³-hybridized carbons (Fsp3) is 0.368. The molecule has 1 aromatic heterocycles. The number of H-pyrrole nitrogens is 1. The molecule has 2 aromatic rings. The van der Waals surface area contributed by atoms with Crippen LogP contribution in [0.15, 0.2) is 35.3 Å². The second-order valence-electron chi connectivity index (χ2n) is 6.35. The SMILES string of the molecule is Cc1cc(=O)c(C(=O)N(c2ccc(C)c(F)c2)C2CCOCC2)c[nH]1. The number of aromatic nitrogens is 1. The molecule has 5 nitrogen and oxygen atoms in total. The van der Waals surface area contributed by atoms with Crippen molar-refractivity contribution in [3.63, 3.8) is 0 Å². The standard InChI is InChI=1S/C19H21FN2O3/c1-12-3-4-15(10-17(12)20)22(14-5-7-25-8-6-14)19(24)16-11-21-13(2)9-18(16)23/h3-4,9-11,14H,5-8H2,1-2H3,(H,21,23). The van der Waals surface area contributed by atoms with E-state index in [0.717, 1.165) is 0 Å². The van der Waals surface area contributed by atoms with Crippen LogP contribution in [-0.2, 0) is 4.74 Å². The number of ether oxygens (including phenoxy) is 1. The molecule has 0 bridgehead atoms. The van der Waals surface area contributed by atoms with Crippen molar-refractivity contribution < 1.29 is 13.9 Å². The van der Waals surface area contributed by atoms with Gasteiger partial charge in [-0.3, -0.25) is 9.59 Å². The number of rotatable bonds is 3. The molecule has 0 saturated carbocycles. The molecular formula is C19H21FN2O3. The Kier molecular flexibility index (Phi) is 4.99. The summed E-state index contributed by atoms with van der Waals surface area (Å²) >= 11 is 0. The number of pyridine rings is 1. The van der Waals surface area contributed by atoms with E-state index in [4.69, 9.17) is 4.74 Å². The van der Waals surface area contributed by atoms with Gasteiger partial charge in [-0.2, -0.15) is 0 Å². The van der Waals surface area contributed by atoms with Crippen molar-refractivity contribution >= 4 is 11.6 Å². The molecule has 0 atom stereocenters. The van der Waals surface area contributed by atoms with Gasteiger partial charge >= 0.3 is 0 Å². The quantitative estimate of drug-likeness (QED) is 0.931. The van der Waals surface area contributed by atoms with Crippen molar-refractivity contribution in [3.05, 3.63) is 63.3 Å². The third-order valence-electron chi connectivity index (χ3n) is 4.50. The van der Waals surface area contributed by atoms with E-state index in [1.165, 1.54) is 23.2 Å². The summed E-state index contributed by atoms with van der Waals surface area (Å²) in [6.07, 6.45) is 2.72. The number of carbonyl (C=O) groups is 1. The molecule has 2 heterocycles. The molecule has 0 unspecified atom stereocenters. The van der Waals surface area contributed by atoms with Crippen LogP contribution in [0.4, 0.5) is 10.1 Å². The van der Waals surface area contributed by atoms with Crippen LogP contribution in [0.1, 0.15) is 34.5 Å². The molecule has 1 aromatic carbocycles. The lowest BCUT2D eigenvalue weighted by atomic mass is 10.0. The minimum absolute atomic E-state index is 0.0538. The summed E-state index contributed by atoms with van der Waals surface area (Å²) < 4.78 is 19.4. The highest BCUT2D eigenvalue weighted by Crippen LogP contribution is 2.26. The number of hydrogen-bond donors (Lipinski definition) is 1. The zero-order valence-electron chi connectivity index (χ0n) is 14.3. The summed E-state index contributed by atoms with van der Waals surface area (Å²) in [6, 6.07) is 5.97. The Hall–Kier alpha value is -2.47. The lowest BCUT2D eigenvalue weighted by molar-refractivity contribution is 0.0771. The lowest BCUT2D eigenvalue weighted by Crippen LogP contribution is -2.45. The number of aromatic amines is 1. The molecule has 6 heteroatoms. The van der Waals surface area contributed by atoms with Gasteiger partial charge in [-0.15, -0.1) is 0 Å². The molecule has 0 radical (unpaired) electrons. The third kappa shape index (κ3) is 3.64. The maximum atomic E-state index is 14.1. The van der Waals surface area contributed by atoms with E-state index in [2.05, 4.69) is 4.98 Å². The molecule has 1 aliphatic rings. The number of carbonyl (C=O) groups excluding carboxylic acids is 1. The molecular weight excluding hydrogens is 323 g/mol. The first kappa shape index (κ1) is 17.4. The monoisotopic (exact) mass is 344 g/mol. The minimum atomic E-state index is -0.420. The molecule has 0 spiro atoms. The zero-order chi connectivity index (χ0) is 18.0. The molecule has 3 rings (SSSR count). The largest absolute Gasteiger partial charge is 0.381 e. The van der Waals surface area contributed by atoms with Crippen molar-refractivity contribution in [3.8, 4) is 0 Å². The van der Waals surface area contributed by atoms with Crippen LogP contribution in [-0.4, -0.2) is 30.1 Å². The Morgan fingerprint density at radius 3 is 2.60 bits per heavy atom. The number of benzene rings is 1. The van der Waals surface area contributed by atoms with Crippen LogP contribution in [0.2, 0.25) is 0 Å². The van der Waals surface area contributed by atoms with E-state index in [-0.39, 0.29) is 22.9 Å². The molecule has 1 saturated heterocycles. The number of nitrogens with one attached hydrogen (secondary N) is 1. The number of nitrogens with zero attached hydrogens (tertiary/aromatic N) is 1. The first-order chi connectivity index (χ1) is 12.0. The Labute approximate surface area is 145 Å². The van der Waals surface area contributed by atoms with Crippen molar-refractivity contribution in [2.45, 2.75) is 32.7 Å². The predicted molar refractivity (Wildman–Crippen MR) is 93.6 cm³/mol. The van der Waals surface area contributed by atoms with E-state index in [1.807, 2.05) is 0 Å². The van der Waals surface area contributed by atoms with E-state index in [0.29, 0.717) is 43.0 Å². The molecule has 0 aliphatic carbocycles. The van der Waals surface area contributed by atoms with Gasteiger partial charge in [0.05, 0.1) is 0 Å². The van der Waals surface area contributed by atoms with Gasteiger partial charge in [-0.1, -0.05) is 6.07 Å². The second-order valence-corrected chi connectivity index (χ2v) is 6.35. The van der Waals surface area contributed by atoms with Gasteiger partial charge in [0.15, 0.2) is 5.43 Å². The van der Waals surface area contributed by atoms with Gasteiger partial charge in [0.2, 0.25) is 0 Å². The van der Waals surface area contributed by atoms with Gasteiger partial charge in [0, 0.05) is 42.9 Å². The number of hydrogen-bond acceptors (Lipinski definition) is 3. The van der Waals surface area contributed by atoms with Gasteiger partial charge in [0.1, 0.15) is 11.4 Å². The Balaban J connectivity index is 2.04. The molecule has 1 fully saturated rings. The number of amides is 1. The molecule has 1 N–H and O–H groups in total. The zero-order valence-corrected chi connectivity index (χ0v) is 14.3. The Bertz CT molecular complexity index is 841. The van der Waals surface area contributed by atoms with Gasteiger partial charge in [0.25, 0.3) is 5.91 Å². The number of aryl methyl sites for hydroxylation is 2. The maximum Gasteiger partial charge on any atom is 0.263 e. The topological polar surface area (TPSA) is 62.4 Å². The summed E-state index contributed by atoms with van der Waals surface area (Å²) in [5.41, 5.74) is 1.36. The second kappa shape index (κ2) is 7.19. The van der Waals surface area contributed by atoms with E-state index in [9.17, 15) is 14.0 Å². The summed E-state index contributed by atoms with van der Waals surface area (Å²) in [7, 11) is 0. The van der Waals surface area contributed by atoms with Gasteiger partial charge in [-0.05, 0) is 44.4 Å².